The van der Waals surface area contributed by atoms with Crippen LogP contribution in [0.1, 0.15) is 25.0 Å². The van der Waals surface area contributed by atoms with Crippen LogP contribution in [0.3, 0.4) is 0 Å². The Labute approximate surface area is 212 Å². The van der Waals surface area contributed by atoms with Gasteiger partial charge in [0.05, 0.1) is 30.6 Å². The number of anilines is 2. The van der Waals surface area contributed by atoms with Crippen LogP contribution in [-0.4, -0.2) is 88.0 Å². The fourth-order valence-corrected chi connectivity index (χ4v) is 3.71. The number of alkyl halides is 6. The first-order chi connectivity index (χ1) is 17.8. The molecule has 0 unspecified atom stereocenters. The molecular weight excluding hydrogens is 526 g/mol. The first-order valence-corrected chi connectivity index (χ1v) is 11.5. The van der Waals surface area contributed by atoms with Crippen molar-refractivity contribution >= 4 is 17.5 Å². The number of carbonyl (C=O) groups excluding carboxylic acids is 1. The minimum absolute atomic E-state index is 0.0187. The van der Waals surface area contributed by atoms with Gasteiger partial charge in [-0.2, -0.15) is 36.5 Å². The van der Waals surface area contributed by atoms with Crippen molar-refractivity contribution in [1.29, 1.82) is 0 Å². The lowest BCUT2D eigenvalue weighted by atomic mass is 10.2. The number of rotatable bonds is 10. The number of hydroxylamine groups is 2. The molecule has 0 aromatic carbocycles. The molecule has 1 fully saturated rings. The largest absolute Gasteiger partial charge is 0.423 e. The molecule has 2 aromatic rings. The molecule has 0 saturated carbocycles. The molecule has 1 saturated heterocycles. The summed E-state index contributed by atoms with van der Waals surface area (Å²) in [5.74, 6) is -0.270. The van der Waals surface area contributed by atoms with Crippen molar-refractivity contribution in [3.8, 4) is 0 Å². The van der Waals surface area contributed by atoms with E-state index in [1.54, 1.807) is 18.9 Å². The molecule has 0 bridgehead atoms. The third-order valence-corrected chi connectivity index (χ3v) is 5.57. The van der Waals surface area contributed by atoms with E-state index in [2.05, 4.69) is 20.4 Å². The Morgan fingerprint density at radius 3 is 2.37 bits per heavy atom. The minimum Gasteiger partial charge on any atom is -0.379 e. The smallest absolute Gasteiger partial charge is 0.379 e. The predicted octanol–water partition coefficient (Wildman–Crippen LogP) is 2.00. The van der Waals surface area contributed by atoms with Gasteiger partial charge in [-0.3, -0.25) is 14.4 Å². The molecule has 1 amide bonds. The van der Waals surface area contributed by atoms with Crippen LogP contribution in [0.15, 0.2) is 23.4 Å². The molecule has 0 radical (unpaired) electrons. The Hall–Kier alpha value is -3.47. The van der Waals surface area contributed by atoms with Gasteiger partial charge in [-0.05, 0) is 6.92 Å². The Bertz CT molecular complexity index is 1140. The summed E-state index contributed by atoms with van der Waals surface area (Å²) in [6.45, 7) is 4.71. The van der Waals surface area contributed by atoms with Crippen LogP contribution >= 0.6 is 0 Å². The number of carbonyl (C=O) groups is 1. The Morgan fingerprint density at radius 2 is 1.79 bits per heavy atom. The van der Waals surface area contributed by atoms with E-state index in [9.17, 15) is 35.9 Å². The fraction of sp³-hybridized carbons (Fsp3) is 0.571. The second-order valence-corrected chi connectivity index (χ2v) is 8.42. The zero-order valence-electron chi connectivity index (χ0n) is 20.4. The lowest BCUT2D eigenvalue weighted by molar-refractivity contribution is -0.163. The number of aromatic nitrogens is 4. The van der Waals surface area contributed by atoms with Crippen molar-refractivity contribution in [3.05, 3.63) is 40.1 Å². The molecule has 210 valence electrons. The monoisotopic (exact) mass is 552 g/mol. The third kappa shape index (κ3) is 7.53. The average molecular weight is 552 g/mol. The molecule has 38 heavy (non-hydrogen) atoms. The van der Waals surface area contributed by atoms with Crippen LogP contribution in [0.25, 0.3) is 0 Å². The number of piperazine rings is 1. The van der Waals surface area contributed by atoms with Gasteiger partial charge in [-0.1, -0.05) is 6.92 Å². The van der Waals surface area contributed by atoms with Crippen molar-refractivity contribution in [3.63, 3.8) is 0 Å². The van der Waals surface area contributed by atoms with E-state index in [4.69, 9.17) is 4.84 Å². The van der Waals surface area contributed by atoms with Crippen LogP contribution < -0.4 is 15.8 Å². The summed E-state index contributed by atoms with van der Waals surface area (Å²) in [7, 11) is 0. The predicted molar refractivity (Wildman–Crippen MR) is 122 cm³/mol. The van der Waals surface area contributed by atoms with E-state index in [-0.39, 0.29) is 44.6 Å². The van der Waals surface area contributed by atoms with E-state index < -0.39 is 40.8 Å². The summed E-state index contributed by atoms with van der Waals surface area (Å²) in [5, 5.41) is 9.32. The highest BCUT2D eigenvalue weighted by Gasteiger charge is 2.37. The number of halogens is 6. The van der Waals surface area contributed by atoms with Crippen molar-refractivity contribution in [2.24, 2.45) is 0 Å². The average Bonchev–Trinajstić information content (AvgIpc) is 2.83. The summed E-state index contributed by atoms with van der Waals surface area (Å²) in [6.07, 6.45) is -7.21. The van der Waals surface area contributed by atoms with Gasteiger partial charge in [0.1, 0.15) is 5.56 Å². The molecule has 0 spiro atoms. The number of amides is 1. The molecule has 3 heterocycles. The van der Waals surface area contributed by atoms with E-state index in [0.29, 0.717) is 25.5 Å². The van der Waals surface area contributed by atoms with Crippen LogP contribution in [0.2, 0.25) is 0 Å². The maximum absolute atomic E-state index is 13.2. The molecule has 17 heteroatoms. The van der Waals surface area contributed by atoms with E-state index in [1.165, 1.54) is 14.9 Å². The highest BCUT2D eigenvalue weighted by molar-refractivity contribution is 5.82. The zero-order valence-corrected chi connectivity index (χ0v) is 20.4. The Kier molecular flexibility index (Phi) is 9.14. The summed E-state index contributed by atoms with van der Waals surface area (Å²) < 4.78 is 77.8. The Morgan fingerprint density at radius 1 is 1.11 bits per heavy atom. The minimum atomic E-state index is -4.87. The van der Waals surface area contributed by atoms with E-state index in [0.717, 1.165) is 6.20 Å². The molecule has 2 aromatic heterocycles. The number of hydrogen-bond acceptors (Lipinski definition) is 9. The quantitative estimate of drug-likeness (QED) is 0.337. The van der Waals surface area contributed by atoms with Gasteiger partial charge in [0.2, 0.25) is 11.9 Å². The molecule has 2 N–H and O–H groups in total. The summed E-state index contributed by atoms with van der Waals surface area (Å²) >= 11 is 0. The fourth-order valence-electron chi connectivity index (χ4n) is 3.71. The maximum atomic E-state index is 13.2. The van der Waals surface area contributed by atoms with Crippen molar-refractivity contribution in [2.75, 3.05) is 56.1 Å². The first kappa shape index (κ1) is 29.1. The van der Waals surface area contributed by atoms with Crippen molar-refractivity contribution in [1.82, 2.24) is 30.1 Å². The van der Waals surface area contributed by atoms with Crippen LogP contribution in [0.5, 0.6) is 0 Å². The van der Waals surface area contributed by atoms with Gasteiger partial charge < -0.3 is 15.1 Å². The van der Waals surface area contributed by atoms with Gasteiger partial charge in [-0.25, -0.2) is 15.1 Å². The molecule has 1 aliphatic heterocycles. The zero-order chi connectivity index (χ0) is 28.1. The van der Waals surface area contributed by atoms with Crippen molar-refractivity contribution in [2.45, 2.75) is 32.2 Å². The second-order valence-electron chi connectivity index (χ2n) is 8.42. The number of H-pyrrole nitrogens is 1. The lowest BCUT2D eigenvalue weighted by Gasteiger charge is -2.34. The number of hydrogen-bond donors (Lipinski definition) is 2. The van der Waals surface area contributed by atoms with Gasteiger partial charge >= 0.3 is 12.4 Å². The Balaban J connectivity index is 1.47. The summed E-state index contributed by atoms with van der Waals surface area (Å²) in [5.41, 5.74) is -4.16. The standard InChI is InChI=1S/C21H26F6N8O3/c1-3-35(11-13(2)31-15-10-30-32-18(37)17(15)21(25,26)27)38-7-6-33-4-5-34(12-16(33)36)19-28-8-14(9-29-19)20(22,23)24/h8-10,13H,3-7,11-12H2,1-2H3,(H2,31,32,37)/t13-/m0/s1. The van der Waals surface area contributed by atoms with Gasteiger partial charge in [0.25, 0.3) is 5.56 Å². The SMILES string of the molecule is CCN(C[C@H](C)Nc1cn[nH]c(=O)c1C(F)(F)F)OCCN1CCN(c2ncc(C(F)(F)F)cn2)CC1=O. The van der Waals surface area contributed by atoms with E-state index >= 15 is 0 Å². The third-order valence-electron chi connectivity index (χ3n) is 5.57. The summed E-state index contributed by atoms with van der Waals surface area (Å²) in [6, 6.07) is -0.562. The van der Waals surface area contributed by atoms with Crippen LogP contribution in [0.4, 0.5) is 38.0 Å². The van der Waals surface area contributed by atoms with Crippen LogP contribution in [-0.2, 0) is 22.0 Å². The number of aromatic amines is 1. The van der Waals surface area contributed by atoms with Crippen molar-refractivity contribution < 1.29 is 36.0 Å². The van der Waals surface area contributed by atoms with Gasteiger partial charge in [-0.15, -0.1) is 0 Å². The molecule has 0 aliphatic carbocycles. The van der Waals surface area contributed by atoms with Gasteiger partial charge in [0.15, 0.2) is 0 Å². The molecule has 3 rings (SSSR count). The maximum Gasteiger partial charge on any atom is 0.423 e. The van der Waals surface area contributed by atoms with E-state index in [1.807, 2.05) is 0 Å². The molecule has 11 nitrogen and oxygen atoms in total. The normalized spacial score (nSPS) is 15.8. The molecule has 1 aliphatic rings. The number of nitrogens with zero attached hydrogens (tertiary/aromatic N) is 6. The highest BCUT2D eigenvalue weighted by Crippen LogP contribution is 2.31. The lowest BCUT2D eigenvalue weighted by Crippen LogP contribution is -2.52. The topological polar surface area (TPSA) is 120 Å². The highest BCUT2D eigenvalue weighted by atomic mass is 19.4. The molecule has 1 atom stereocenters. The number of nitrogens with one attached hydrogen (secondary N) is 2. The molecular formula is C21H26F6N8O3. The number of likely N-dealkylation sites (N-methyl/N-ethyl adjacent to an activating group) is 1. The van der Waals surface area contributed by atoms with Crippen LogP contribution in [0, 0.1) is 0 Å². The first-order valence-electron chi connectivity index (χ1n) is 11.5. The summed E-state index contributed by atoms with van der Waals surface area (Å²) in [4.78, 5) is 40.2. The van der Waals surface area contributed by atoms with Gasteiger partial charge in [0, 0.05) is 51.2 Å². The second kappa shape index (κ2) is 11.9.